The summed E-state index contributed by atoms with van der Waals surface area (Å²) in [5, 5.41) is 4.21. The topological polar surface area (TPSA) is 47.6 Å². The van der Waals surface area contributed by atoms with Gasteiger partial charge in [-0.25, -0.2) is 0 Å². The molecule has 5 rings (SSSR count). The molecule has 0 saturated heterocycles. The number of amides is 1. The van der Waals surface area contributed by atoms with E-state index in [2.05, 4.69) is 38.2 Å². The highest BCUT2D eigenvalue weighted by Crippen LogP contribution is 2.51. The molecular formula is C22H25NO3S. The molecule has 1 amide bonds. The van der Waals surface area contributed by atoms with Crippen LogP contribution in [-0.2, 0) is 17.6 Å². The van der Waals surface area contributed by atoms with Crippen molar-refractivity contribution in [2.24, 2.45) is 11.3 Å². The highest BCUT2D eigenvalue weighted by atomic mass is 32.1. The Morgan fingerprint density at radius 1 is 1.15 bits per heavy atom. The van der Waals surface area contributed by atoms with Crippen LogP contribution >= 0.6 is 11.3 Å². The van der Waals surface area contributed by atoms with E-state index in [4.69, 9.17) is 9.47 Å². The van der Waals surface area contributed by atoms with Gasteiger partial charge in [0.15, 0.2) is 11.5 Å². The summed E-state index contributed by atoms with van der Waals surface area (Å²) in [6, 6.07) is 6.12. The lowest BCUT2D eigenvalue weighted by Gasteiger charge is -2.34. The van der Waals surface area contributed by atoms with Crippen molar-refractivity contribution in [1.82, 2.24) is 0 Å². The highest BCUT2D eigenvalue weighted by Gasteiger charge is 2.37. The van der Waals surface area contributed by atoms with Crippen molar-refractivity contribution in [3.05, 3.63) is 39.8 Å². The maximum Gasteiger partial charge on any atom is 0.231 e. The van der Waals surface area contributed by atoms with Crippen LogP contribution < -0.4 is 14.8 Å². The number of anilines is 1. The summed E-state index contributed by atoms with van der Waals surface area (Å²) in [6.07, 6.45) is 3.96. The van der Waals surface area contributed by atoms with Gasteiger partial charge in [-0.3, -0.25) is 4.79 Å². The van der Waals surface area contributed by atoms with Gasteiger partial charge in [0.1, 0.15) is 0 Å². The van der Waals surface area contributed by atoms with Gasteiger partial charge in [0.25, 0.3) is 0 Å². The molecule has 0 bridgehead atoms. The predicted octanol–water partition coefficient (Wildman–Crippen LogP) is 5.10. The van der Waals surface area contributed by atoms with Crippen LogP contribution in [0.15, 0.2) is 18.2 Å². The van der Waals surface area contributed by atoms with Gasteiger partial charge in [-0.15, -0.1) is 11.3 Å². The van der Waals surface area contributed by atoms with Gasteiger partial charge in [0, 0.05) is 17.2 Å². The summed E-state index contributed by atoms with van der Waals surface area (Å²) >= 11 is 1.80. The predicted molar refractivity (Wildman–Crippen MR) is 107 cm³/mol. The first-order valence-electron chi connectivity index (χ1n) is 9.74. The zero-order valence-electron chi connectivity index (χ0n) is 16.1. The number of carbonyl (C=O) groups excluding carboxylic acids is 1. The van der Waals surface area contributed by atoms with E-state index < -0.39 is 0 Å². The van der Waals surface area contributed by atoms with E-state index in [0.717, 1.165) is 34.9 Å². The zero-order valence-corrected chi connectivity index (χ0v) is 16.9. The molecule has 5 heteroatoms. The van der Waals surface area contributed by atoms with Crippen molar-refractivity contribution in [1.29, 1.82) is 0 Å². The van der Waals surface area contributed by atoms with Crippen molar-refractivity contribution in [2.45, 2.75) is 52.4 Å². The Balaban J connectivity index is 1.56. The van der Waals surface area contributed by atoms with E-state index in [1.54, 1.807) is 11.3 Å². The number of benzene rings is 1. The molecule has 3 heterocycles. The van der Waals surface area contributed by atoms with Crippen molar-refractivity contribution in [2.75, 3.05) is 12.1 Å². The maximum atomic E-state index is 12.4. The molecule has 1 aromatic heterocycles. The van der Waals surface area contributed by atoms with E-state index >= 15 is 0 Å². The third-order valence-electron chi connectivity index (χ3n) is 6.32. The number of ether oxygens (including phenoxy) is 2. The van der Waals surface area contributed by atoms with Crippen molar-refractivity contribution in [3.8, 4) is 11.5 Å². The van der Waals surface area contributed by atoms with Crippen molar-refractivity contribution < 1.29 is 14.3 Å². The van der Waals surface area contributed by atoms with Crippen LogP contribution in [0.4, 0.5) is 5.00 Å². The first kappa shape index (κ1) is 17.1. The standard InChI is InChI=1S/C22H25NO3S/c1-22(2,3)13-5-6-14-18(9-13)27-21-20(14)15(10-19(24)23-21)12-4-7-16-17(8-12)26-11-25-16/h4,7-8,13,15H,5-6,9-11H2,1-3H3,(H,23,24)/t13-,15-/m1/s1. The van der Waals surface area contributed by atoms with Gasteiger partial charge >= 0.3 is 0 Å². The second-order valence-corrected chi connectivity index (χ2v) is 10.1. The Bertz CT molecular complexity index is 924. The summed E-state index contributed by atoms with van der Waals surface area (Å²) in [5.41, 5.74) is 4.30. The van der Waals surface area contributed by atoms with Crippen LogP contribution in [-0.4, -0.2) is 12.7 Å². The maximum absolute atomic E-state index is 12.4. The lowest BCUT2D eigenvalue weighted by atomic mass is 9.71. The second-order valence-electron chi connectivity index (χ2n) is 8.97. The number of hydrogen-bond donors (Lipinski definition) is 1. The van der Waals surface area contributed by atoms with Crippen molar-refractivity contribution in [3.63, 3.8) is 0 Å². The Labute approximate surface area is 163 Å². The molecule has 142 valence electrons. The second kappa shape index (κ2) is 5.99. The SMILES string of the molecule is CC(C)(C)[C@@H]1CCc2c(sc3c2[C@@H](c2ccc4c(c2)OCO4)CC(=O)N3)C1. The Hall–Kier alpha value is -2.01. The van der Waals surface area contributed by atoms with E-state index in [0.29, 0.717) is 17.8 Å². The van der Waals surface area contributed by atoms with Gasteiger partial charge in [0.2, 0.25) is 12.7 Å². The summed E-state index contributed by atoms with van der Waals surface area (Å²) in [7, 11) is 0. The lowest BCUT2D eigenvalue weighted by Crippen LogP contribution is -2.27. The van der Waals surface area contributed by atoms with Crippen LogP contribution in [0.5, 0.6) is 11.5 Å². The molecule has 27 heavy (non-hydrogen) atoms. The molecule has 2 atom stereocenters. The van der Waals surface area contributed by atoms with E-state index in [1.807, 2.05) is 6.07 Å². The van der Waals surface area contributed by atoms with Gasteiger partial charge in [-0.05, 0) is 59.4 Å². The quantitative estimate of drug-likeness (QED) is 0.745. The largest absolute Gasteiger partial charge is 0.454 e. The first-order chi connectivity index (χ1) is 12.9. The average Bonchev–Trinajstić information content (AvgIpc) is 3.22. The highest BCUT2D eigenvalue weighted by molar-refractivity contribution is 7.16. The van der Waals surface area contributed by atoms with Crippen LogP contribution in [0.1, 0.15) is 61.1 Å². The number of hydrogen-bond acceptors (Lipinski definition) is 4. The molecule has 4 nitrogen and oxygen atoms in total. The van der Waals surface area contributed by atoms with E-state index in [9.17, 15) is 4.79 Å². The number of nitrogens with one attached hydrogen (secondary N) is 1. The Kier molecular flexibility index (Phi) is 3.80. The molecule has 0 saturated carbocycles. The molecule has 3 aliphatic rings. The van der Waals surface area contributed by atoms with Gasteiger partial charge in [0.05, 0.1) is 5.00 Å². The van der Waals surface area contributed by atoms with Crippen LogP contribution in [0.2, 0.25) is 0 Å². The third-order valence-corrected chi connectivity index (χ3v) is 7.51. The summed E-state index contributed by atoms with van der Waals surface area (Å²) < 4.78 is 11.0. The lowest BCUT2D eigenvalue weighted by molar-refractivity contribution is -0.116. The Morgan fingerprint density at radius 2 is 1.96 bits per heavy atom. The molecule has 0 unspecified atom stereocenters. The zero-order chi connectivity index (χ0) is 18.8. The van der Waals surface area contributed by atoms with Gasteiger partial charge in [-0.1, -0.05) is 26.8 Å². The molecule has 2 aromatic rings. The molecule has 0 spiro atoms. The van der Waals surface area contributed by atoms with Gasteiger partial charge in [-0.2, -0.15) is 0 Å². The molecule has 0 radical (unpaired) electrons. The monoisotopic (exact) mass is 383 g/mol. The molecule has 1 aromatic carbocycles. The fraction of sp³-hybridized carbons (Fsp3) is 0.500. The molecule has 0 fully saturated rings. The molecule has 1 N–H and O–H groups in total. The van der Waals surface area contributed by atoms with Gasteiger partial charge < -0.3 is 14.8 Å². The van der Waals surface area contributed by atoms with Crippen molar-refractivity contribution >= 4 is 22.2 Å². The minimum atomic E-state index is 0.106. The Morgan fingerprint density at radius 3 is 2.78 bits per heavy atom. The molecule has 2 aliphatic heterocycles. The first-order valence-corrected chi connectivity index (χ1v) is 10.6. The van der Waals surface area contributed by atoms with Crippen LogP contribution in [0.3, 0.4) is 0 Å². The summed E-state index contributed by atoms with van der Waals surface area (Å²) in [5.74, 6) is 2.49. The summed E-state index contributed by atoms with van der Waals surface area (Å²) in [6.45, 7) is 7.30. The van der Waals surface area contributed by atoms with Crippen LogP contribution in [0.25, 0.3) is 0 Å². The minimum Gasteiger partial charge on any atom is -0.454 e. The fourth-order valence-electron chi connectivity index (χ4n) is 4.69. The number of rotatable bonds is 1. The minimum absolute atomic E-state index is 0.106. The third kappa shape index (κ3) is 2.83. The number of carbonyl (C=O) groups is 1. The smallest absolute Gasteiger partial charge is 0.231 e. The summed E-state index contributed by atoms with van der Waals surface area (Å²) in [4.78, 5) is 13.9. The number of thiophene rings is 1. The molecular weight excluding hydrogens is 358 g/mol. The van der Waals surface area contributed by atoms with Crippen LogP contribution in [0, 0.1) is 11.3 Å². The number of fused-ring (bicyclic) bond motifs is 4. The van der Waals surface area contributed by atoms with E-state index in [1.165, 1.54) is 22.4 Å². The normalized spacial score (nSPS) is 23.6. The average molecular weight is 384 g/mol. The van der Waals surface area contributed by atoms with E-state index in [-0.39, 0.29) is 18.6 Å². The fourth-order valence-corrected chi connectivity index (χ4v) is 6.10. The molecule has 1 aliphatic carbocycles.